The van der Waals surface area contributed by atoms with Crippen LogP contribution < -0.4 is 9.47 Å². The molecule has 7 nitrogen and oxygen atoms in total. The number of carbonyl (C=O) groups is 1. The highest BCUT2D eigenvalue weighted by atomic mass is 16.6. The van der Waals surface area contributed by atoms with E-state index in [1.54, 1.807) is 24.3 Å². The first-order valence-electron chi connectivity index (χ1n) is 11.5. The van der Waals surface area contributed by atoms with Gasteiger partial charge in [0.2, 0.25) is 0 Å². The summed E-state index contributed by atoms with van der Waals surface area (Å²) in [4.78, 5) is 15.9. The fourth-order valence-corrected chi connectivity index (χ4v) is 3.96. The molecule has 0 spiro atoms. The van der Waals surface area contributed by atoms with E-state index in [1.807, 2.05) is 42.5 Å². The van der Waals surface area contributed by atoms with Crippen LogP contribution in [0.2, 0.25) is 0 Å². The number of oxime groups is 1. The van der Waals surface area contributed by atoms with Crippen LogP contribution in [0.3, 0.4) is 0 Å². The van der Waals surface area contributed by atoms with Gasteiger partial charge in [-0.3, -0.25) is 4.79 Å². The summed E-state index contributed by atoms with van der Waals surface area (Å²) in [7, 11) is 1.53. The van der Waals surface area contributed by atoms with E-state index in [1.165, 1.54) is 18.2 Å². The van der Waals surface area contributed by atoms with Crippen LogP contribution in [0.4, 0.5) is 0 Å². The molecule has 0 heterocycles. The molecular formula is C29H26N2O5. The van der Waals surface area contributed by atoms with Crippen molar-refractivity contribution >= 4 is 17.8 Å². The molecule has 0 saturated carbocycles. The van der Waals surface area contributed by atoms with E-state index >= 15 is 0 Å². The van der Waals surface area contributed by atoms with Crippen molar-refractivity contribution in [2.45, 2.75) is 25.4 Å². The van der Waals surface area contributed by atoms with Gasteiger partial charge in [-0.15, -0.1) is 0 Å². The standard InChI is InChI=1S/C29H26N2O5/c1-34-31-28(24-14-22-4-2-3-5-23(22)15-24)19-36-26-10-6-20(7-11-26)18-35-27-12-8-21(9-13-27)25(17-30)16-29(32)33/h2-14,25H,15-16,18-19H2,1H3,(H,32,33). The molecule has 7 heteroatoms. The molecule has 1 unspecified atom stereocenters. The van der Waals surface area contributed by atoms with Crippen LogP contribution in [0.1, 0.15) is 34.6 Å². The molecule has 0 saturated heterocycles. The van der Waals surface area contributed by atoms with Gasteiger partial charge in [0.15, 0.2) is 0 Å². The van der Waals surface area contributed by atoms with Crippen LogP contribution in [0, 0.1) is 11.3 Å². The summed E-state index contributed by atoms with van der Waals surface area (Å²) in [5, 5.41) is 22.3. The Morgan fingerprint density at radius 3 is 2.39 bits per heavy atom. The van der Waals surface area contributed by atoms with Gasteiger partial charge in [-0.2, -0.15) is 5.26 Å². The number of nitriles is 1. The summed E-state index contributed by atoms with van der Waals surface area (Å²) < 4.78 is 11.8. The SMILES string of the molecule is CON=C(COc1ccc(COc2ccc(C(C#N)CC(=O)O)cc2)cc1)C1=Cc2ccccc2C1. The summed E-state index contributed by atoms with van der Waals surface area (Å²) >= 11 is 0. The lowest BCUT2D eigenvalue weighted by atomic mass is 9.97. The lowest BCUT2D eigenvalue weighted by Gasteiger charge is -2.11. The molecule has 0 amide bonds. The smallest absolute Gasteiger partial charge is 0.305 e. The van der Waals surface area contributed by atoms with Crippen LogP contribution >= 0.6 is 0 Å². The van der Waals surface area contributed by atoms with Crippen molar-refractivity contribution in [3.63, 3.8) is 0 Å². The summed E-state index contributed by atoms with van der Waals surface area (Å²) in [6, 6.07) is 24.8. The summed E-state index contributed by atoms with van der Waals surface area (Å²) in [5.74, 6) is -0.335. The summed E-state index contributed by atoms with van der Waals surface area (Å²) in [6.45, 7) is 0.652. The van der Waals surface area contributed by atoms with Crippen LogP contribution in [-0.4, -0.2) is 30.5 Å². The quantitative estimate of drug-likeness (QED) is 0.291. The minimum Gasteiger partial charge on any atom is -0.489 e. The Morgan fingerprint density at radius 2 is 1.72 bits per heavy atom. The topological polar surface area (TPSA) is 101 Å². The molecule has 1 aliphatic rings. The van der Waals surface area contributed by atoms with Crippen LogP contribution in [-0.2, 0) is 22.7 Å². The number of rotatable bonds is 11. The number of fused-ring (bicyclic) bond motifs is 1. The zero-order valence-electron chi connectivity index (χ0n) is 19.9. The molecule has 0 aliphatic heterocycles. The summed E-state index contributed by atoms with van der Waals surface area (Å²) in [5.41, 5.74) is 5.92. The van der Waals surface area contributed by atoms with Crippen molar-refractivity contribution in [1.29, 1.82) is 5.26 Å². The highest BCUT2D eigenvalue weighted by molar-refractivity contribution is 6.06. The van der Waals surface area contributed by atoms with E-state index in [2.05, 4.69) is 23.4 Å². The predicted molar refractivity (Wildman–Crippen MR) is 136 cm³/mol. The Bertz CT molecular complexity index is 1300. The third-order valence-electron chi connectivity index (χ3n) is 5.86. The summed E-state index contributed by atoms with van der Waals surface area (Å²) in [6.07, 6.45) is 2.70. The number of benzene rings is 3. The maximum absolute atomic E-state index is 10.9. The first-order chi connectivity index (χ1) is 17.6. The maximum Gasteiger partial charge on any atom is 0.305 e. The molecule has 36 heavy (non-hydrogen) atoms. The number of carboxylic acids is 1. The van der Waals surface area contributed by atoms with Gasteiger partial charge in [-0.25, -0.2) is 0 Å². The molecule has 182 valence electrons. The normalized spacial score (nSPS) is 13.2. The Morgan fingerprint density at radius 1 is 1.03 bits per heavy atom. The second-order valence-electron chi connectivity index (χ2n) is 8.34. The minimum absolute atomic E-state index is 0.227. The zero-order valence-corrected chi connectivity index (χ0v) is 19.9. The van der Waals surface area contributed by atoms with Gasteiger partial charge < -0.3 is 19.4 Å². The maximum atomic E-state index is 10.9. The predicted octanol–water partition coefficient (Wildman–Crippen LogP) is 5.37. The van der Waals surface area contributed by atoms with Crippen molar-refractivity contribution in [3.8, 4) is 17.6 Å². The van der Waals surface area contributed by atoms with E-state index < -0.39 is 11.9 Å². The lowest BCUT2D eigenvalue weighted by molar-refractivity contribution is -0.137. The van der Waals surface area contributed by atoms with Gasteiger partial charge in [-0.05, 0) is 58.2 Å². The number of hydrogen-bond acceptors (Lipinski definition) is 6. The first-order valence-corrected chi connectivity index (χ1v) is 11.5. The average Bonchev–Trinajstić information content (AvgIpc) is 3.33. The minimum atomic E-state index is -1.00. The second-order valence-corrected chi connectivity index (χ2v) is 8.34. The Kier molecular flexibility index (Phi) is 7.99. The van der Waals surface area contributed by atoms with Gasteiger partial charge in [-0.1, -0.05) is 53.7 Å². The van der Waals surface area contributed by atoms with E-state index in [4.69, 9.17) is 19.4 Å². The lowest BCUT2D eigenvalue weighted by Crippen LogP contribution is -2.15. The fraction of sp³-hybridized carbons (Fsp3) is 0.207. The molecule has 1 atom stereocenters. The Balaban J connectivity index is 1.30. The molecule has 1 aliphatic carbocycles. The number of nitrogens with zero attached hydrogens (tertiary/aromatic N) is 2. The highest BCUT2D eigenvalue weighted by Gasteiger charge is 2.18. The fourth-order valence-electron chi connectivity index (χ4n) is 3.96. The molecule has 3 aromatic carbocycles. The Hall–Kier alpha value is -4.57. The largest absolute Gasteiger partial charge is 0.489 e. The van der Waals surface area contributed by atoms with Gasteiger partial charge in [0.05, 0.1) is 18.4 Å². The van der Waals surface area contributed by atoms with Crippen LogP contribution in [0.25, 0.3) is 6.08 Å². The van der Waals surface area contributed by atoms with E-state index in [0.29, 0.717) is 30.3 Å². The van der Waals surface area contributed by atoms with Gasteiger partial charge in [0.25, 0.3) is 0 Å². The van der Waals surface area contributed by atoms with Crippen molar-refractivity contribution in [3.05, 3.63) is 101 Å². The number of ether oxygens (including phenoxy) is 2. The number of aliphatic carboxylic acids is 1. The second kappa shape index (κ2) is 11.7. The average molecular weight is 483 g/mol. The van der Waals surface area contributed by atoms with Gasteiger partial charge in [0, 0.05) is 6.42 Å². The van der Waals surface area contributed by atoms with E-state index in [-0.39, 0.29) is 6.42 Å². The molecule has 3 aromatic rings. The van der Waals surface area contributed by atoms with E-state index in [9.17, 15) is 10.1 Å². The van der Waals surface area contributed by atoms with Gasteiger partial charge >= 0.3 is 5.97 Å². The van der Waals surface area contributed by atoms with Crippen LogP contribution in [0.15, 0.2) is 83.5 Å². The third kappa shape index (κ3) is 6.30. The number of hydrogen-bond donors (Lipinski definition) is 1. The zero-order chi connectivity index (χ0) is 25.3. The molecule has 0 aromatic heterocycles. The highest BCUT2D eigenvalue weighted by Crippen LogP contribution is 2.26. The molecular weight excluding hydrogens is 456 g/mol. The first kappa shape index (κ1) is 24.6. The van der Waals surface area contributed by atoms with Crippen molar-refractivity contribution in [2.24, 2.45) is 5.16 Å². The third-order valence-corrected chi connectivity index (χ3v) is 5.86. The molecule has 0 fully saturated rings. The monoisotopic (exact) mass is 482 g/mol. The van der Waals surface area contributed by atoms with Gasteiger partial charge in [0.1, 0.15) is 37.5 Å². The number of carboxylic acid groups (broad SMARTS) is 1. The molecule has 0 bridgehead atoms. The molecule has 1 N–H and O–H groups in total. The van der Waals surface area contributed by atoms with Crippen molar-refractivity contribution < 1.29 is 24.2 Å². The molecule has 4 rings (SSSR count). The van der Waals surface area contributed by atoms with Crippen LogP contribution in [0.5, 0.6) is 11.5 Å². The van der Waals surface area contributed by atoms with E-state index in [0.717, 1.165) is 23.3 Å². The van der Waals surface area contributed by atoms with Crippen molar-refractivity contribution in [1.82, 2.24) is 0 Å². The van der Waals surface area contributed by atoms with Crippen molar-refractivity contribution in [2.75, 3.05) is 13.7 Å². The Labute approximate surface area is 209 Å². The molecule has 0 radical (unpaired) electrons.